The molecule has 6 heteroatoms. The van der Waals surface area contributed by atoms with Crippen molar-refractivity contribution >= 4 is 34.4 Å². The van der Waals surface area contributed by atoms with Crippen molar-refractivity contribution < 1.29 is 4.79 Å². The summed E-state index contributed by atoms with van der Waals surface area (Å²) in [4.78, 5) is 27.7. The Bertz CT molecular complexity index is 1200. The minimum Gasteiger partial charge on any atom is -0.360 e. The Morgan fingerprint density at radius 1 is 1.06 bits per heavy atom. The van der Waals surface area contributed by atoms with Crippen LogP contribution < -0.4 is 4.90 Å². The summed E-state index contributed by atoms with van der Waals surface area (Å²) in [6, 6.07) is 15.6. The van der Waals surface area contributed by atoms with Gasteiger partial charge in [-0.3, -0.25) is 9.69 Å². The van der Waals surface area contributed by atoms with Gasteiger partial charge in [-0.1, -0.05) is 49.7 Å². The predicted molar refractivity (Wildman–Crippen MR) is 130 cm³/mol. The first-order valence-electron chi connectivity index (χ1n) is 10.8. The second-order valence-electron chi connectivity index (χ2n) is 8.54. The van der Waals surface area contributed by atoms with Gasteiger partial charge >= 0.3 is 0 Å². The monoisotopic (exact) mass is 446 g/mol. The van der Waals surface area contributed by atoms with E-state index in [9.17, 15) is 4.79 Å². The molecule has 0 aliphatic rings. The summed E-state index contributed by atoms with van der Waals surface area (Å²) in [6.45, 7) is 6.88. The number of hydrogen-bond acceptors (Lipinski definition) is 3. The molecule has 164 valence electrons. The van der Waals surface area contributed by atoms with Crippen LogP contribution in [0.15, 0.2) is 67.1 Å². The summed E-state index contributed by atoms with van der Waals surface area (Å²) in [5.74, 6) is 0.869. The van der Waals surface area contributed by atoms with Gasteiger partial charge in [-0.25, -0.2) is 9.97 Å². The molecule has 0 saturated heterocycles. The SMILES string of the molecule is Cc1cccc2[nH]cc(C(=O)N(CC(CC(C)C)c3ccc(Cl)cc3)c3ncccn3)c12. The molecule has 5 nitrogen and oxygen atoms in total. The lowest BCUT2D eigenvalue weighted by Crippen LogP contribution is -2.36. The van der Waals surface area contributed by atoms with Crippen LogP contribution in [-0.4, -0.2) is 27.4 Å². The minimum absolute atomic E-state index is 0.112. The van der Waals surface area contributed by atoms with E-state index in [-0.39, 0.29) is 11.8 Å². The maximum Gasteiger partial charge on any atom is 0.262 e. The van der Waals surface area contributed by atoms with Gasteiger partial charge in [-0.15, -0.1) is 0 Å². The summed E-state index contributed by atoms with van der Waals surface area (Å²) < 4.78 is 0. The fourth-order valence-electron chi connectivity index (χ4n) is 4.21. The molecule has 0 radical (unpaired) electrons. The molecule has 0 aliphatic carbocycles. The van der Waals surface area contributed by atoms with E-state index in [1.54, 1.807) is 29.6 Å². The second-order valence-corrected chi connectivity index (χ2v) is 8.98. The van der Waals surface area contributed by atoms with Crippen LogP contribution in [0.4, 0.5) is 5.95 Å². The van der Waals surface area contributed by atoms with Crippen LogP contribution in [0.3, 0.4) is 0 Å². The molecule has 32 heavy (non-hydrogen) atoms. The highest BCUT2D eigenvalue weighted by molar-refractivity contribution is 6.30. The first-order chi connectivity index (χ1) is 15.4. The summed E-state index contributed by atoms with van der Waals surface area (Å²) in [6.07, 6.45) is 6.05. The Morgan fingerprint density at radius 3 is 2.47 bits per heavy atom. The van der Waals surface area contributed by atoms with Crippen molar-refractivity contribution in [3.8, 4) is 0 Å². The smallest absolute Gasteiger partial charge is 0.262 e. The largest absolute Gasteiger partial charge is 0.360 e. The summed E-state index contributed by atoms with van der Waals surface area (Å²) in [5.41, 5.74) is 3.77. The normalized spacial score (nSPS) is 12.3. The van der Waals surface area contributed by atoms with E-state index in [4.69, 9.17) is 11.6 Å². The molecule has 1 atom stereocenters. The number of fused-ring (bicyclic) bond motifs is 1. The maximum absolute atomic E-state index is 13.9. The van der Waals surface area contributed by atoms with Crippen molar-refractivity contribution in [3.63, 3.8) is 0 Å². The lowest BCUT2D eigenvalue weighted by molar-refractivity contribution is 0.0984. The Kier molecular flexibility index (Phi) is 6.56. The lowest BCUT2D eigenvalue weighted by atomic mass is 9.89. The third kappa shape index (κ3) is 4.68. The van der Waals surface area contributed by atoms with Crippen molar-refractivity contribution in [2.24, 2.45) is 5.92 Å². The number of H-pyrrole nitrogens is 1. The number of aromatic nitrogens is 3. The number of anilines is 1. The van der Waals surface area contributed by atoms with E-state index in [1.807, 2.05) is 49.4 Å². The molecule has 0 fully saturated rings. The third-order valence-corrected chi connectivity index (χ3v) is 5.94. The van der Waals surface area contributed by atoms with Crippen molar-refractivity contribution in [1.82, 2.24) is 15.0 Å². The highest BCUT2D eigenvalue weighted by Crippen LogP contribution is 2.30. The van der Waals surface area contributed by atoms with E-state index in [0.717, 1.165) is 28.5 Å². The average molecular weight is 447 g/mol. The summed E-state index contributed by atoms with van der Waals surface area (Å²) in [5, 5.41) is 1.64. The summed E-state index contributed by atoms with van der Waals surface area (Å²) in [7, 11) is 0. The van der Waals surface area contributed by atoms with E-state index in [2.05, 4.69) is 28.8 Å². The van der Waals surface area contributed by atoms with E-state index < -0.39 is 0 Å². The molecule has 2 aromatic carbocycles. The maximum atomic E-state index is 13.9. The van der Waals surface area contributed by atoms with Gasteiger partial charge in [0.05, 0.1) is 5.56 Å². The van der Waals surface area contributed by atoms with E-state index in [1.165, 1.54) is 0 Å². The molecule has 2 heterocycles. The Balaban J connectivity index is 1.76. The van der Waals surface area contributed by atoms with Gasteiger partial charge in [-0.05, 0) is 54.7 Å². The van der Waals surface area contributed by atoms with Crippen LogP contribution in [0.1, 0.15) is 47.7 Å². The summed E-state index contributed by atoms with van der Waals surface area (Å²) >= 11 is 6.12. The fraction of sp³-hybridized carbons (Fsp3) is 0.269. The fourth-order valence-corrected chi connectivity index (χ4v) is 4.33. The van der Waals surface area contributed by atoms with Crippen LogP contribution in [0.25, 0.3) is 10.9 Å². The van der Waals surface area contributed by atoms with Crippen LogP contribution in [-0.2, 0) is 0 Å². The van der Waals surface area contributed by atoms with Gasteiger partial charge in [0.25, 0.3) is 5.91 Å². The number of carbonyl (C=O) groups excluding carboxylic acids is 1. The number of aromatic amines is 1. The number of nitrogens with zero attached hydrogens (tertiary/aromatic N) is 3. The Morgan fingerprint density at radius 2 is 1.78 bits per heavy atom. The Labute approximate surface area is 193 Å². The molecular formula is C26H27ClN4O. The zero-order chi connectivity index (χ0) is 22.7. The average Bonchev–Trinajstić information content (AvgIpc) is 3.23. The molecule has 2 aromatic heterocycles. The van der Waals surface area contributed by atoms with E-state index in [0.29, 0.717) is 29.0 Å². The van der Waals surface area contributed by atoms with Crippen LogP contribution in [0, 0.1) is 12.8 Å². The van der Waals surface area contributed by atoms with Gasteiger partial charge in [0.1, 0.15) is 0 Å². The minimum atomic E-state index is -0.112. The molecule has 0 saturated carbocycles. The van der Waals surface area contributed by atoms with Crippen LogP contribution in [0.5, 0.6) is 0 Å². The molecule has 4 rings (SSSR count). The number of hydrogen-bond donors (Lipinski definition) is 1. The van der Waals surface area contributed by atoms with Crippen LogP contribution >= 0.6 is 11.6 Å². The van der Waals surface area contributed by atoms with Gasteiger partial charge in [0.15, 0.2) is 0 Å². The van der Waals surface area contributed by atoms with Crippen molar-refractivity contribution in [1.29, 1.82) is 0 Å². The molecule has 0 bridgehead atoms. The molecule has 1 N–H and O–H groups in total. The van der Waals surface area contributed by atoms with Crippen LogP contribution in [0.2, 0.25) is 5.02 Å². The van der Waals surface area contributed by atoms with Gasteiger partial charge in [-0.2, -0.15) is 0 Å². The standard InChI is InChI=1S/C26H27ClN4O/c1-17(2)14-20(19-8-10-21(27)11-9-19)16-31(26-28-12-5-13-29-26)25(32)22-15-30-23-7-4-6-18(3)24(22)23/h4-13,15,17,20,30H,14,16H2,1-3H3. The quantitative estimate of drug-likeness (QED) is 0.357. The first kappa shape index (κ1) is 22.0. The highest BCUT2D eigenvalue weighted by Gasteiger charge is 2.27. The number of nitrogens with one attached hydrogen (secondary N) is 1. The number of aryl methyl sites for hydroxylation is 1. The van der Waals surface area contributed by atoms with Gasteiger partial charge < -0.3 is 4.98 Å². The second kappa shape index (κ2) is 9.53. The number of halogens is 1. The zero-order valence-corrected chi connectivity index (χ0v) is 19.3. The predicted octanol–water partition coefficient (Wildman–Crippen LogP) is 6.40. The topological polar surface area (TPSA) is 61.9 Å². The lowest BCUT2D eigenvalue weighted by Gasteiger charge is -2.27. The van der Waals surface area contributed by atoms with E-state index >= 15 is 0 Å². The van der Waals surface area contributed by atoms with Crippen molar-refractivity contribution in [2.45, 2.75) is 33.1 Å². The third-order valence-electron chi connectivity index (χ3n) is 5.68. The first-order valence-corrected chi connectivity index (χ1v) is 11.2. The molecule has 1 unspecified atom stereocenters. The molecule has 1 amide bonds. The number of rotatable bonds is 7. The number of amides is 1. The van der Waals surface area contributed by atoms with Crippen molar-refractivity contribution in [3.05, 3.63) is 88.8 Å². The highest BCUT2D eigenvalue weighted by atomic mass is 35.5. The molecule has 0 aliphatic heterocycles. The number of carbonyl (C=O) groups is 1. The molecular weight excluding hydrogens is 420 g/mol. The zero-order valence-electron chi connectivity index (χ0n) is 18.5. The van der Waals surface area contributed by atoms with Gasteiger partial charge in [0, 0.05) is 47.0 Å². The van der Waals surface area contributed by atoms with Crippen molar-refractivity contribution in [2.75, 3.05) is 11.4 Å². The Hall–Kier alpha value is -3.18. The molecule has 0 spiro atoms. The number of benzene rings is 2. The van der Waals surface area contributed by atoms with Gasteiger partial charge in [0.2, 0.25) is 5.95 Å². The molecule has 4 aromatic rings.